The number of aromatic nitrogens is 1. The zero-order chi connectivity index (χ0) is 16.8. The van der Waals surface area contributed by atoms with Crippen LogP contribution in [0.3, 0.4) is 0 Å². The second-order valence-electron chi connectivity index (χ2n) is 5.01. The van der Waals surface area contributed by atoms with Crippen LogP contribution in [0.1, 0.15) is 23.6 Å². The van der Waals surface area contributed by atoms with Crippen molar-refractivity contribution in [3.05, 3.63) is 65.0 Å². The Morgan fingerprint density at radius 1 is 1.22 bits per heavy atom. The SMILES string of the molecule is CO/C(C)=C(/C(=O)O)c1ccccc1COc1ncccc1C. The number of hydrogen-bond acceptors (Lipinski definition) is 4. The van der Waals surface area contributed by atoms with E-state index in [1.165, 1.54) is 7.11 Å². The normalized spacial score (nSPS) is 11.6. The number of rotatable bonds is 6. The van der Waals surface area contributed by atoms with E-state index in [2.05, 4.69) is 4.98 Å². The maximum Gasteiger partial charge on any atom is 0.339 e. The Morgan fingerprint density at radius 2 is 1.96 bits per heavy atom. The number of hydrogen-bond donors (Lipinski definition) is 1. The highest BCUT2D eigenvalue weighted by Crippen LogP contribution is 2.25. The van der Waals surface area contributed by atoms with Crippen molar-refractivity contribution in [3.63, 3.8) is 0 Å². The van der Waals surface area contributed by atoms with Crippen LogP contribution in [0.2, 0.25) is 0 Å². The van der Waals surface area contributed by atoms with Crippen molar-refractivity contribution < 1.29 is 19.4 Å². The Kier molecular flexibility index (Phi) is 5.36. The number of carboxylic acid groups (broad SMARTS) is 1. The second-order valence-corrected chi connectivity index (χ2v) is 5.01. The fourth-order valence-corrected chi connectivity index (χ4v) is 2.22. The van der Waals surface area contributed by atoms with Crippen LogP contribution in [-0.4, -0.2) is 23.2 Å². The summed E-state index contributed by atoms with van der Waals surface area (Å²) >= 11 is 0. The average Bonchev–Trinajstić information content (AvgIpc) is 2.55. The van der Waals surface area contributed by atoms with Crippen LogP contribution in [0.15, 0.2) is 48.4 Å². The zero-order valence-electron chi connectivity index (χ0n) is 13.4. The van der Waals surface area contributed by atoms with E-state index in [9.17, 15) is 9.90 Å². The molecule has 0 unspecified atom stereocenters. The van der Waals surface area contributed by atoms with Gasteiger partial charge in [0.25, 0.3) is 0 Å². The van der Waals surface area contributed by atoms with Gasteiger partial charge in [-0.2, -0.15) is 0 Å². The van der Waals surface area contributed by atoms with Crippen molar-refractivity contribution in [1.82, 2.24) is 4.98 Å². The lowest BCUT2D eigenvalue weighted by molar-refractivity contribution is -0.130. The number of pyridine rings is 1. The van der Waals surface area contributed by atoms with Gasteiger partial charge in [-0.15, -0.1) is 0 Å². The Bertz CT molecular complexity index is 737. The van der Waals surface area contributed by atoms with Crippen LogP contribution in [0, 0.1) is 6.92 Å². The Labute approximate surface area is 135 Å². The molecule has 120 valence electrons. The fraction of sp³-hybridized carbons (Fsp3) is 0.222. The van der Waals surface area contributed by atoms with E-state index in [0.717, 1.165) is 11.1 Å². The first-order valence-corrected chi connectivity index (χ1v) is 7.15. The van der Waals surface area contributed by atoms with Crippen LogP contribution in [0.5, 0.6) is 5.88 Å². The number of allylic oxidation sites excluding steroid dienone is 1. The van der Waals surface area contributed by atoms with E-state index >= 15 is 0 Å². The van der Waals surface area contributed by atoms with E-state index in [1.807, 2.05) is 31.2 Å². The van der Waals surface area contributed by atoms with E-state index < -0.39 is 5.97 Å². The number of benzene rings is 1. The molecule has 1 aromatic heterocycles. The molecule has 0 amide bonds. The molecule has 0 radical (unpaired) electrons. The topological polar surface area (TPSA) is 68.7 Å². The van der Waals surface area contributed by atoms with Crippen LogP contribution < -0.4 is 4.74 Å². The lowest BCUT2D eigenvalue weighted by Crippen LogP contribution is -2.08. The van der Waals surface area contributed by atoms with E-state index in [4.69, 9.17) is 9.47 Å². The summed E-state index contributed by atoms with van der Waals surface area (Å²) in [5.74, 6) is -0.156. The third-order valence-corrected chi connectivity index (χ3v) is 3.48. The molecule has 0 saturated carbocycles. The summed E-state index contributed by atoms with van der Waals surface area (Å²) in [6.07, 6.45) is 1.66. The summed E-state index contributed by atoms with van der Waals surface area (Å²) in [5.41, 5.74) is 2.38. The van der Waals surface area contributed by atoms with Crippen molar-refractivity contribution in [1.29, 1.82) is 0 Å². The molecule has 0 spiro atoms. The number of aliphatic carboxylic acids is 1. The molecule has 0 saturated heterocycles. The summed E-state index contributed by atoms with van der Waals surface area (Å²) in [6, 6.07) is 11.0. The van der Waals surface area contributed by atoms with Crippen molar-refractivity contribution in [2.24, 2.45) is 0 Å². The Morgan fingerprint density at radius 3 is 2.61 bits per heavy atom. The largest absolute Gasteiger partial charge is 0.500 e. The molecule has 0 atom stereocenters. The summed E-state index contributed by atoms with van der Waals surface area (Å²) in [4.78, 5) is 15.8. The zero-order valence-corrected chi connectivity index (χ0v) is 13.4. The minimum absolute atomic E-state index is 0.129. The molecule has 23 heavy (non-hydrogen) atoms. The average molecular weight is 313 g/mol. The summed E-state index contributed by atoms with van der Waals surface area (Å²) < 4.78 is 10.8. The number of aryl methyl sites for hydroxylation is 1. The van der Waals surface area contributed by atoms with E-state index in [0.29, 0.717) is 17.2 Å². The summed E-state index contributed by atoms with van der Waals surface area (Å²) in [6.45, 7) is 3.76. The van der Waals surface area contributed by atoms with Gasteiger partial charge in [0, 0.05) is 11.8 Å². The summed E-state index contributed by atoms with van der Waals surface area (Å²) in [5, 5.41) is 9.49. The van der Waals surface area contributed by atoms with Crippen LogP contribution in [0.25, 0.3) is 5.57 Å². The van der Waals surface area contributed by atoms with Gasteiger partial charge in [-0.05, 0) is 31.0 Å². The van der Waals surface area contributed by atoms with Crippen LogP contribution in [-0.2, 0) is 16.1 Å². The quantitative estimate of drug-likeness (QED) is 0.653. The smallest absolute Gasteiger partial charge is 0.339 e. The highest BCUT2D eigenvalue weighted by atomic mass is 16.5. The molecule has 0 fully saturated rings. The fourth-order valence-electron chi connectivity index (χ4n) is 2.22. The van der Waals surface area contributed by atoms with Gasteiger partial charge in [0.15, 0.2) is 0 Å². The predicted molar refractivity (Wildman–Crippen MR) is 87.0 cm³/mol. The molecular weight excluding hydrogens is 294 g/mol. The summed E-state index contributed by atoms with van der Waals surface area (Å²) in [7, 11) is 1.45. The van der Waals surface area contributed by atoms with Gasteiger partial charge in [-0.1, -0.05) is 30.3 Å². The number of carboxylic acids is 1. The molecule has 1 heterocycles. The van der Waals surface area contributed by atoms with Crippen molar-refractivity contribution in [2.75, 3.05) is 7.11 Å². The molecule has 5 heteroatoms. The maximum absolute atomic E-state index is 11.6. The van der Waals surface area contributed by atoms with Gasteiger partial charge in [0.1, 0.15) is 17.9 Å². The first-order valence-electron chi connectivity index (χ1n) is 7.15. The molecule has 1 N–H and O–H groups in total. The minimum atomic E-state index is -1.04. The highest BCUT2D eigenvalue weighted by molar-refractivity contribution is 6.16. The van der Waals surface area contributed by atoms with Crippen molar-refractivity contribution in [3.8, 4) is 5.88 Å². The van der Waals surface area contributed by atoms with Gasteiger partial charge in [0.05, 0.1) is 7.11 Å². The van der Waals surface area contributed by atoms with Gasteiger partial charge in [-0.3, -0.25) is 0 Å². The maximum atomic E-state index is 11.6. The molecule has 2 rings (SSSR count). The molecule has 0 bridgehead atoms. The van der Waals surface area contributed by atoms with E-state index in [1.54, 1.807) is 25.3 Å². The third kappa shape index (κ3) is 3.88. The monoisotopic (exact) mass is 313 g/mol. The number of nitrogens with zero attached hydrogens (tertiary/aromatic N) is 1. The highest BCUT2D eigenvalue weighted by Gasteiger charge is 2.18. The first kappa shape index (κ1) is 16.5. The lowest BCUT2D eigenvalue weighted by atomic mass is 9.99. The molecule has 0 aliphatic carbocycles. The molecule has 5 nitrogen and oxygen atoms in total. The second kappa shape index (κ2) is 7.45. The van der Waals surface area contributed by atoms with Gasteiger partial charge >= 0.3 is 5.97 Å². The van der Waals surface area contributed by atoms with Crippen molar-refractivity contribution in [2.45, 2.75) is 20.5 Å². The molecular formula is C18H19NO4. The Balaban J connectivity index is 2.34. The third-order valence-electron chi connectivity index (χ3n) is 3.48. The van der Waals surface area contributed by atoms with Gasteiger partial charge in [-0.25, -0.2) is 9.78 Å². The Hall–Kier alpha value is -2.82. The molecule has 1 aromatic carbocycles. The van der Waals surface area contributed by atoms with Crippen LogP contribution in [0.4, 0.5) is 0 Å². The molecule has 0 aliphatic rings. The van der Waals surface area contributed by atoms with Crippen LogP contribution >= 0.6 is 0 Å². The lowest BCUT2D eigenvalue weighted by Gasteiger charge is -2.14. The molecule has 0 aliphatic heterocycles. The molecule has 2 aromatic rings. The minimum Gasteiger partial charge on any atom is -0.500 e. The number of methoxy groups -OCH3 is 1. The standard InChI is InChI=1S/C18H19NO4/c1-12-7-6-10-19-17(12)23-11-14-8-4-5-9-15(14)16(18(20)21)13(2)22-3/h4-10H,11H2,1-3H3,(H,20,21)/b16-13+. The van der Waals surface area contributed by atoms with E-state index in [-0.39, 0.29) is 12.2 Å². The van der Waals surface area contributed by atoms with Gasteiger partial charge in [0.2, 0.25) is 5.88 Å². The first-order chi connectivity index (χ1) is 11.0. The number of carbonyl (C=O) groups is 1. The predicted octanol–water partition coefficient (Wildman–Crippen LogP) is 3.43. The van der Waals surface area contributed by atoms with Crippen molar-refractivity contribution >= 4 is 11.5 Å². The van der Waals surface area contributed by atoms with Gasteiger partial charge < -0.3 is 14.6 Å². The number of ether oxygens (including phenoxy) is 2.